The number of carbonyl (C=O) groups is 2. The molecule has 0 aromatic heterocycles. The monoisotopic (exact) mass is 379 g/mol. The second kappa shape index (κ2) is 7.28. The van der Waals surface area contributed by atoms with E-state index in [2.05, 4.69) is 9.80 Å². The van der Waals surface area contributed by atoms with Crippen LogP contribution in [0.3, 0.4) is 0 Å². The largest absolute Gasteiger partial charge is 0.506 e. The molecule has 0 aliphatic carbocycles. The summed E-state index contributed by atoms with van der Waals surface area (Å²) < 4.78 is 0. The lowest BCUT2D eigenvalue weighted by Crippen LogP contribution is -2.52. The molecule has 2 saturated heterocycles. The van der Waals surface area contributed by atoms with Gasteiger partial charge in [0.05, 0.1) is 23.8 Å². The molecule has 146 valence electrons. The van der Waals surface area contributed by atoms with E-state index in [-0.39, 0.29) is 24.0 Å². The van der Waals surface area contributed by atoms with Crippen molar-refractivity contribution in [2.24, 2.45) is 0 Å². The quantitative estimate of drug-likeness (QED) is 0.830. The number of aryl methyl sites for hydroxylation is 2. The summed E-state index contributed by atoms with van der Waals surface area (Å²) in [5.74, 6) is 0.00198. The van der Waals surface area contributed by atoms with Gasteiger partial charge < -0.3 is 10.0 Å². The topological polar surface area (TPSA) is 64.1 Å². The van der Waals surface area contributed by atoms with E-state index >= 15 is 0 Å². The first-order chi connectivity index (χ1) is 13.5. The smallest absolute Gasteiger partial charge is 0.251 e. The van der Waals surface area contributed by atoms with Gasteiger partial charge in [-0.3, -0.25) is 14.5 Å². The maximum atomic E-state index is 13.1. The first-order valence-electron chi connectivity index (χ1n) is 9.67. The minimum Gasteiger partial charge on any atom is -0.506 e. The summed E-state index contributed by atoms with van der Waals surface area (Å²) in [4.78, 5) is 31.3. The number of rotatable bonds is 3. The van der Waals surface area contributed by atoms with Crippen molar-refractivity contribution in [3.8, 4) is 5.75 Å². The second-order valence-electron chi connectivity index (χ2n) is 7.59. The van der Waals surface area contributed by atoms with E-state index in [9.17, 15) is 14.7 Å². The lowest BCUT2D eigenvalue weighted by atomic mass is 10.1. The van der Waals surface area contributed by atoms with Gasteiger partial charge in [0.15, 0.2) is 0 Å². The number of benzene rings is 2. The van der Waals surface area contributed by atoms with Gasteiger partial charge in [0.25, 0.3) is 5.91 Å². The zero-order valence-corrected chi connectivity index (χ0v) is 16.3. The average molecular weight is 379 g/mol. The molecule has 1 N–H and O–H groups in total. The lowest BCUT2D eigenvalue weighted by Gasteiger charge is -2.38. The molecular formula is C22H25N3O3. The number of hydrogen-bond acceptors (Lipinski definition) is 5. The van der Waals surface area contributed by atoms with E-state index < -0.39 is 6.04 Å². The molecule has 2 heterocycles. The van der Waals surface area contributed by atoms with Crippen LogP contribution in [0.2, 0.25) is 0 Å². The summed E-state index contributed by atoms with van der Waals surface area (Å²) in [5.41, 5.74) is 3.55. The molecule has 2 aromatic rings. The van der Waals surface area contributed by atoms with Crippen molar-refractivity contribution in [1.82, 2.24) is 4.90 Å². The number of phenolic OH excluding ortho intramolecular Hbond substituents is 1. The standard InChI is InChI=1S/C22H25N3O3/c1-15-7-8-17(16(2)13-15)25-21(27)14-19(22(25)28)24-11-9-23(10-12-24)18-5-3-4-6-20(18)26/h3-8,13,19,26H,9-12,14H2,1-2H3/t19-/m0/s1. The van der Waals surface area contributed by atoms with Crippen LogP contribution in [-0.4, -0.2) is 54.0 Å². The summed E-state index contributed by atoms with van der Waals surface area (Å²) in [5, 5.41) is 10.1. The van der Waals surface area contributed by atoms with Crippen LogP contribution in [0.25, 0.3) is 0 Å². The van der Waals surface area contributed by atoms with Crippen molar-refractivity contribution in [2.45, 2.75) is 26.3 Å². The van der Waals surface area contributed by atoms with Crippen molar-refractivity contribution in [3.63, 3.8) is 0 Å². The molecule has 0 spiro atoms. The third-order valence-electron chi connectivity index (χ3n) is 5.69. The number of phenols is 1. The van der Waals surface area contributed by atoms with Gasteiger partial charge in [-0.15, -0.1) is 0 Å². The number of piperazine rings is 1. The highest BCUT2D eigenvalue weighted by Gasteiger charge is 2.43. The zero-order chi connectivity index (χ0) is 19.8. The van der Waals surface area contributed by atoms with Crippen molar-refractivity contribution in [1.29, 1.82) is 0 Å². The molecule has 0 bridgehead atoms. The molecule has 6 heteroatoms. The highest BCUT2D eigenvalue weighted by Crippen LogP contribution is 2.31. The molecular weight excluding hydrogens is 354 g/mol. The van der Waals surface area contributed by atoms with E-state index in [1.165, 1.54) is 4.90 Å². The number of anilines is 2. The molecule has 0 saturated carbocycles. The van der Waals surface area contributed by atoms with Crippen LogP contribution >= 0.6 is 0 Å². The first kappa shape index (κ1) is 18.5. The minimum atomic E-state index is -0.403. The zero-order valence-electron chi connectivity index (χ0n) is 16.3. The molecule has 28 heavy (non-hydrogen) atoms. The lowest BCUT2D eigenvalue weighted by molar-refractivity contribution is -0.123. The van der Waals surface area contributed by atoms with Gasteiger partial charge in [-0.05, 0) is 37.6 Å². The fourth-order valence-electron chi connectivity index (χ4n) is 4.22. The fraction of sp³-hybridized carbons (Fsp3) is 0.364. The van der Waals surface area contributed by atoms with E-state index in [0.29, 0.717) is 31.9 Å². The molecule has 2 amide bonds. The highest BCUT2D eigenvalue weighted by atomic mass is 16.3. The molecule has 0 radical (unpaired) electrons. The number of nitrogens with zero attached hydrogens (tertiary/aromatic N) is 3. The SMILES string of the molecule is Cc1ccc(N2C(=O)C[C@H](N3CCN(c4ccccc4O)CC3)C2=O)c(C)c1. The number of aromatic hydroxyl groups is 1. The Hall–Kier alpha value is -2.86. The highest BCUT2D eigenvalue weighted by molar-refractivity contribution is 6.22. The molecule has 2 aromatic carbocycles. The molecule has 2 aliphatic heterocycles. The Morgan fingerprint density at radius 2 is 1.64 bits per heavy atom. The van der Waals surface area contributed by atoms with Crippen molar-refractivity contribution < 1.29 is 14.7 Å². The van der Waals surface area contributed by atoms with Gasteiger partial charge in [-0.2, -0.15) is 0 Å². The van der Waals surface area contributed by atoms with Crippen LogP contribution in [0.5, 0.6) is 5.75 Å². The third kappa shape index (κ3) is 3.24. The van der Waals surface area contributed by atoms with Crippen LogP contribution in [0, 0.1) is 13.8 Å². The van der Waals surface area contributed by atoms with E-state index in [1.807, 2.05) is 44.2 Å². The Kier molecular flexibility index (Phi) is 4.81. The van der Waals surface area contributed by atoms with Crippen LogP contribution in [0.1, 0.15) is 17.5 Å². The second-order valence-corrected chi connectivity index (χ2v) is 7.59. The number of hydrogen-bond donors (Lipinski definition) is 1. The predicted molar refractivity (Wildman–Crippen MR) is 109 cm³/mol. The van der Waals surface area contributed by atoms with Gasteiger partial charge >= 0.3 is 0 Å². The summed E-state index contributed by atoms with van der Waals surface area (Å²) >= 11 is 0. The van der Waals surface area contributed by atoms with Crippen molar-refractivity contribution in [2.75, 3.05) is 36.0 Å². The Morgan fingerprint density at radius 3 is 2.32 bits per heavy atom. The van der Waals surface area contributed by atoms with Crippen molar-refractivity contribution in [3.05, 3.63) is 53.6 Å². The number of para-hydroxylation sites is 2. The molecule has 4 rings (SSSR count). The first-order valence-corrected chi connectivity index (χ1v) is 9.67. The van der Waals surface area contributed by atoms with E-state index in [4.69, 9.17) is 0 Å². The summed E-state index contributed by atoms with van der Waals surface area (Å²) in [6.07, 6.45) is 0.225. The maximum absolute atomic E-state index is 13.1. The normalized spacial score (nSPS) is 20.9. The van der Waals surface area contributed by atoms with Crippen LogP contribution < -0.4 is 9.80 Å². The molecule has 0 unspecified atom stereocenters. The number of amides is 2. The van der Waals surface area contributed by atoms with Gasteiger partial charge in [0, 0.05) is 26.2 Å². The molecule has 2 fully saturated rings. The summed E-state index contributed by atoms with van der Waals surface area (Å²) in [6.45, 7) is 6.70. The number of imide groups is 1. The van der Waals surface area contributed by atoms with Gasteiger partial charge in [-0.1, -0.05) is 29.8 Å². The third-order valence-corrected chi connectivity index (χ3v) is 5.69. The van der Waals surface area contributed by atoms with E-state index in [0.717, 1.165) is 16.8 Å². The van der Waals surface area contributed by atoms with Crippen LogP contribution in [-0.2, 0) is 9.59 Å². The van der Waals surface area contributed by atoms with Crippen molar-refractivity contribution >= 4 is 23.2 Å². The fourth-order valence-corrected chi connectivity index (χ4v) is 4.22. The number of carbonyl (C=O) groups excluding carboxylic acids is 2. The van der Waals surface area contributed by atoms with Crippen LogP contribution in [0.4, 0.5) is 11.4 Å². The Balaban J connectivity index is 1.47. The molecule has 1 atom stereocenters. The Bertz CT molecular complexity index is 919. The van der Waals surface area contributed by atoms with Gasteiger partial charge in [0.2, 0.25) is 5.91 Å². The van der Waals surface area contributed by atoms with E-state index in [1.54, 1.807) is 12.1 Å². The molecule has 6 nitrogen and oxygen atoms in total. The minimum absolute atomic E-state index is 0.132. The summed E-state index contributed by atoms with van der Waals surface area (Å²) in [6, 6.07) is 12.7. The summed E-state index contributed by atoms with van der Waals surface area (Å²) in [7, 11) is 0. The average Bonchev–Trinajstić information content (AvgIpc) is 2.97. The Labute approximate surface area is 165 Å². The van der Waals surface area contributed by atoms with Gasteiger partial charge in [-0.25, -0.2) is 4.90 Å². The van der Waals surface area contributed by atoms with Crippen LogP contribution in [0.15, 0.2) is 42.5 Å². The molecule has 2 aliphatic rings. The van der Waals surface area contributed by atoms with Gasteiger partial charge in [0.1, 0.15) is 5.75 Å². The Morgan fingerprint density at radius 1 is 0.929 bits per heavy atom. The maximum Gasteiger partial charge on any atom is 0.251 e. The predicted octanol–water partition coefficient (Wildman–Crippen LogP) is 2.46.